The van der Waals surface area contributed by atoms with Crippen LogP contribution in [0.1, 0.15) is 16.4 Å². The Balaban J connectivity index is 1.52. The summed E-state index contributed by atoms with van der Waals surface area (Å²) in [6, 6.07) is 27.4. The van der Waals surface area contributed by atoms with E-state index in [-0.39, 0.29) is 11.4 Å². The Kier molecular flexibility index (Phi) is 6.20. The molecule has 4 rings (SSSR count). The lowest BCUT2D eigenvalue weighted by molar-refractivity contribution is -0.0320. The minimum atomic E-state index is 0.136. The fraction of sp³-hybridized carbons (Fsp3) is 0.261. The SMILES string of the molecule is c1ccc(CN2CCOC(C(Sc3ccccn3)c3ccccc3)C2)cc1. The number of hydrogen-bond acceptors (Lipinski definition) is 4. The van der Waals surface area contributed by atoms with Crippen LogP contribution in [-0.2, 0) is 11.3 Å². The molecule has 27 heavy (non-hydrogen) atoms. The molecule has 0 saturated carbocycles. The molecule has 3 aromatic rings. The van der Waals surface area contributed by atoms with E-state index in [2.05, 4.69) is 76.6 Å². The molecule has 1 aliphatic rings. The molecule has 0 amide bonds. The van der Waals surface area contributed by atoms with Crippen molar-refractivity contribution in [3.63, 3.8) is 0 Å². The maximum atomic E-state index is 6.24. The number of rotatable bonds is 6. The van der Waals surface area contributed by atoms with Crippen molar-refractivity contribution in [1.82, 2.24) is 9.88 Å². The molecule has 0 spiro atoms. The molecule has 0 N–H and O–H groups in total. The number of benzene rings is 2. The zero-order chi connectivity index (χ0) is 18.3. The van der Waals surface area contributed by atoms with Crippen LogP contribution in [0, 0.1) is 0 Å². The largest absolute Gasteiger partial charge is 0.374 e. The predicted octanol–water partition coefficient (Wildman–Crippen LogP) is 4.82. The lowest BCUT2D eigenvalue weighted by Crippen LogP contribution is -2.44. The van der Waals surface area contributed by atoms with Crippen molar-refractivity contribution in [3.8, 4) is 0 Å². The second-order valence-electron chi connectivity index (χ2n) is 6.75. The first-order valence-corrected chi connectivity index (χ1v) is 10.3. The summed E-state index contributed by atoms with van der Waals surface area (Å²) >= 11 is 1.79. The van der Waals surface area contributed by atoms with Crippen molar-refractivity contribution in [2.45, 2.75) is 22.9 Å². The molecule has 1 saturated heterocycles. The van der Waals surface area contributed by atoms with Gasteiger partial charge in [-0.15, -0.1) is 0 Å². The van der Waals surface area contributed by atoms with Crippen LogP contribution in [-0.4, -0.2) is 35.7 Å². The Morgan fingerprint density at radius 2 is 1.70 bits per heavy atom. The number of ether oxygens (including phenoxy) is 1. The van der Waals surface area contributed by atoms with Gasteiger partial charge in [0.25, 0.3) is 0 Å². The van der Waals surface area contributed by atoms with Crippen molar-refractivity contribution in [1.29, 1.82) is 0 Å². The van der Waals surface area contributed by atoms with Gasteiger partial charge >= 0.3 is 0 Å². The molecule has 3 nitrogen and oxygen atoms in total. The second kappa shape index (κ2) is 9.18. The van der Waals surface area contributed by atoms with Crippen molar-refractivity contribution >= 4 is 11.8 Å². The average molecular weight is 377 g/mol. The maximum absolute atomic E-state index is 6.24. The van der Waals surface area contributed by atoms with Crippen molar-refractivity contribution < 1.29 is 4.74 Å². The monoisotopic (exact) mass is 376 g/mol. The van der Waals surface area contributed by atoms with E-state index in [0.29, 0.717) is 0 Å². The third kappa shape index (κ3) is 4.98. The average Bonchev–Trinajstić information content (AvgIpc) is 2.74. The lowest BCUT2D eigenvalue weighted by Gasteiger charge is -2.37. The Morgan fingerprint density at radius 3 is 2.44 bits per heavy atom. The third-order valence-corrected chi connectivity index (χ3v) is 6.09. The number of aromatic nitrogens is 1. The van der Waals surface area contributed by atoms with Gasteiger partial charge in [-0.05, 0) is 23.3 Å². The standard InChI is InChI=1S/C23H24N2OS/c1-3-9-19(10-4-1)17-25-15-16-26-21(18-25)23(20-11-5-2-6-12-20)27-22-13-7-8-14-24-22/h1-14,21,23H,15-18H2. The minimum absolute atomic E-state index is 0.136. The smallest absolute Gasteiger partial charge is 0.0966 e. The van der Waals surface area contributed by atoms with Gasteiger partial charge < -0.3 is 4.74 Å². The van der Waals surface area contributed by atoms with Crippen LogP contribution in [0.4, 0.5) is 0 Å². The Morgan fingerprint density at radius 1 is 0.963 bits per heavy atom. The second-order valence-corrected chi connectivity index (χ2v) is 7.91. The van der Waals surface area contributed by atoms with Gasteiger partial charge in [0.05, 0.1) is 23.0 Å². The molecular weight excluding hydrogens is 352 g/mol. The fourth-order valence-corrected chi connectivity index (χ4v) is 4.60. The fourth-order valence-electron chi connectivity index (χ4n) is 3.45. The molecule has 2 aromatic carbocycles. The molecule has 0 aliphatic carbocycles. The minimum Gasteiger partial charge on any atom is -0.374 e. The van der Waals surface area contributed by atoms with E-state index >= 15 is 0 Å². The number of nitrogens with zero attached hydrogens (tertiary/aromatic N) is 2. The first kappa shape index (κ1) is 18.2. The first-order chi connectivity index (χ1) is 13.4. The van der Waals surface area contributed by atoms with Gasteiger partial charge in [0, 0.05) is 25.8 Å². The number of thioether (sulfide) groups is 1. The quantitative estimate of drug-likeness (QED) is 0.576. The molecular formula is C23H24N2OS. The zero-order valence-electron chi connectivity index (χ0n) is 15.3. The van der Waals surface area contributed by atoms with E-state index in [1.807, 2.05) is 18.3 Å². The molecule has 0 radical (unpaired) electrons. The van der Waals surface area contributed by atoms with E-state index < -0.39 is 0 Å². The van der Waals surface area contributed by atoms with Gasteiger partial charge in [0.1, 0.15) is 0 Å². The van der Waals surface area contributed by atoms with E-state index in [4.69, 9.17) is 4.74 Å². The summed E-state index contributed by atoms with van der Waals surface area (Å²) in [7, 11) is 0. The molecule has 0 bridgehead atoms. The summed E-state index contributed by atoms with van der Waals surface area (Å²) in [5.41, 5.74) is 2.64. The van der Waals surface area contributed by atoms with Crippen LogP contribution in [0.15, 0.2) is 90.1 Å². The number of pyridine rings is 1. The summed E-state index contributed by atoms with van der Waals surface area (Å²) in [6.07, 6.45) is 1.99. The van der Waals surface area contributed by atoms with Gasteiger partial charge in [0.2, 0.25) is 0 Å². The van der Waals surface area contributed by atoms with Crippen LogP contribution < -0.4 is 0 Å². The van der Waals surface area contributed by atoms with Crippen molar-refractivity contribution in [2.24, 2.45) is 0 Å². The van der Waals surface area contributed by atoms with Crippen LogP contribution in [0.3, 0.4) is 0 Å². The summed E-state index contributed by atoms with van der Waals surface area (Å²) in [4.78, 5) is 7.02. The zero-order valence-corrected chi connectivity index (χ0v) is 16.1. The van der Waals surface area contributed by atoms with Crippen LogP contribution in [0.25, 0.3) is 0 Å². The van der Waals surface area contributed by atoms with Gasteiger partial charge in [-0.2, -0.15) is 0 Å². The van der Waals surface area contributed by atoms with Gasteiger partial charge in [0.15, 0.2) is 0 Å². The lowest BCUT2D eigenvalue weighted by atomic mass is 10.1. The highest BCUT2D eigenvalue weighted by atomic mass is 32.2. The third-order valence-electron chi connectivity index (χ3n) is 4.78. The highest BCUT2D eigenvalue weighted by molar-refractivity contribution is 7.99. The summed E-state index contributed by atoms with van der Waals surface area (Å²) in [6.45, 7) is 3.63. The van der Waals surface area contributed by atoms with E-state index in [1.165, 1.54) is 11.1 Å². The highest BCUT2D eigenvalue weighted by Crippen LogP contribution is 2.39. The van der Waals surface area contributed by atoms with Crippen LogP contribution in [0.5, 0.6) is 0 Å². The van der Waals surface area contributed by atoms with Crippen LogP contribution in [0.2, 0.25) is 0 Å². The molecule has 1 aromatic heterocycles. The topological polar surface area (TPSA) is 25.4 Å². The summed E-state index contributed by atoms with van der Waals surface area (Å²) in [5, 5.41) is 1.26. The normalized spacial score (nSPS) is 18.9. The molecule has 2 heterocycles. The summed E-state index contributed by atoms with van der Waals surface area (Å²) < 4.78 is 6.24. The van der Waals surface area contributed by atoms with Gasteiger partial charge in [-0.3, -0.25) is 4.90 Å². The molecule has 4 heteroatoms. The molecule has 2 atom stereocenters. The van der Waals surface area contributed by atoms with Crippen molar-refractivity contribution in [3.05, 3.63) is 96.2 Å². The molecule has 2 unspecified atom stereocenters. The van der Waals surface area contributed by atoms with Crippen molar-refractivity contribution in [2.75, 3.05) is 19.7 Å². The van der Waals surface area contributed by atoms with Gasteiger partial charge in [-0.25, -0.2) is 4.98 Å². The molecule has 1 fully saturated rings. The van der Waals surface area contributed by atoms with E-state index in [0.717, 1.165) is 31.3 Å². The first-order valence-electron chi connectivity index (χ1n) is 9.39. The highest BCUT2D eigenvalue weighted by Gasteiger charge is 2.30. The Hall–Kier alpha value is -2.14. The molecule has 138 valence electrons. The number of morpholine rings is 1. The van der Waals surface area contributed by atoms with E-state index in [1.54, 1.807) is 11.8 Å². The molecule has 1 aliphatic heterocycles. The number of hydrogen-bond donors (Lipinski definition) is 0. The Bertz CT molecular complexity index is 814. The summed E-state index contributed by atoms with van der Waals surface area (Å²) in [5.74, 6) is 0. The van der Waals surface area contributed by atoms with Crippen LogP contribution >= 0.6 is 11.8 Å². The van der Waals surface area contributed by atoms with Gasteiger partial charge in [-0.1, -0.05) is 78.5 Å². The maximum Gasteiger partial charge on any atom is 0.0966 e. The van der Waals surface area contributed by atoms with E-state index in [9.17, 15) is 0 Å². The Labute approximate surface area is 165 Å². The predicted molar refractivity (Wildman–Crippen MR) is 111 cm³/mol.